The molecule has 0 aromatic heterocycles. The first kappa shape index (κ1) is 12.6. The molecule has 88 valence electrons. The molecule has 1 atom stereocenters. The lowest BCUT2D eigenvalue weighted by Crippen LogP contribution is -2.14. The molecule has 1 rings (SSSR count). The Bertz CT molecular complexity index is 379. The first-order valence-corrected chi connectivity index (χ1v) is 4.73. The summed E-state index contributed by atoms with van der Waals surface area (Å²) >= 11 is 0. The van der Waals surface area contributed by atoms with Crippen molar-refractivity contribution in [2.45, 2.75) is 12.3 Å². The van der Waals surface area contributed by atoms with Crippen LogP contribution in [0.2, 0.25) is 0 Å². The molecule has 0 spiro atoms. The predicted octanol–water partition coefficient (Wildman–Crippen LogP) is 2.17. The van der Waals surface area contributed by atoms with Gasteiger partial charge in [0, 0.05) is 13.7 Å². The molecular weight excluding hydrogens is 218 g/mol. The van der Waals surface area contributed by atoms with Crippen LogP contribution in [0.5, 0.6) is 0 Å². The minimum Gasteiger partial charge on any atom is -0.481 e. The third-order valence-electron chi connectivity index (χ3n) is 2.25. The Hall–Kier alpha value is -1.49. The van der Waals surface area contributed by atoms with Crippen molar-refractivity contribution in [1.29, 1.82) is 0 Å². The van der Waals surface area contributed by atoms with Gasteiger partial charge in [0.25, 0.3) is 0 Å². The molecule has 5 heteroatoms. The zero-order valence-electron chi connectivity index (χ0n) is 8.74. The summed E-state index contributed by atoms with van der Waals surface area (Å²) < 4.78 is 30.4. The van der Waals surface area contributed by atoms with Crippen LogP contribution >= 0.6 is 0 Å². The summed E-state index contributed by atoms with van der Waals surface area (Å²) in [6, 6.07) is 3.10. The van der Waals surface area contributed by atoms with Crippen LogP contribution in [0.3, 0.4) is 0 Å². The van der Waals surface area contributed by atoms with Crippen molar-refractivity contribution in [2.75, 3.05) is 13.7 Å². The third-order valence-corrected chi connectivity index (χ3v) is 2.25. The number of halogens is 2. The lowest BCUT2D eigenvalue weighted by Gasteiger charge is -2.12. The molecule has 0 bridgehead atoms. The molecule has 1 aromatic carbocycles. The second-order valence-electron chi connectivity index (χ2n) is 3.35. The predicted molar refractivity (Wildman–Crippen MR) is 53.2 cm³/mol. The molecule has 0 aliphatic carbocycles. The second-order valence-corrected chi connectivity index (χ2v) is 3.35. The van der Waals surface area contributed by atoms with Gasteiger partial charge in [-0.05, 0) is 24.1 Å². The summed E-state index contributed by atoms with van der Waals surface area (Å²) in [6.45, 7) is 0.246. The van der Waals surface area contributed by atoms with Crippen molar-refractivity contribution >= 4 is 5.97 Å². The maximum atomic E-state index is 12.9. The van der Waals surface area contributed by atoms with Gasteiger partial charge in [-0.3, -0.25) is 4.79 Å². The van der Waals surface area contributed by atoms with E-state index in [9.17, 15) is 13.6 Å². The molecule has 1 aromatic rings. The highest BCUT2D eigenvalue weighted by atomic mass is 19.2. The van der Waals surface area contributed by atoms with Gasteiger partial charge in [-0.25, -0.2) is 8.78 Å². The van der Waals surface area contributed by atoms with Crippen LogP contribution in [-0.2, 0) is 9.53 Å². The van der Waals surface area contributed by atoms with Crippen LogP contribution in [0, 0.1) is 11.6 Å². The molecule has 1 unspecified atom stereocenters. The normalized spacial score (nSPS) is 12.4. The van der Waals surface area contributed by atoms with E-state index in [1.807, 2.05) is 0 Å². The molecule has 16 heavy (non-hydrogen) atoms. The highest BCUT2D eigenvalue weighted by Gasteiger charge is 2.20. The lowest BCUT2D eigenvalue weighted by atomic mass is 9.96. The number of rotatable bonds is 5. The van der Waals surface area contributed by atoms with E-state index < -0.39 is 23.5 Å². The number of methoxy groups -OCH3 is 1. The number of aliphatic carboxylic acids is 1. The van der Waals surface area contributed by atoms with Crippen LogP contribution in [0.1, 0.15) is 17.9 Å². The van der Waals surface area contributed by atoms with E-state index in [-0.39, 0.29) is 18.6 Å². The van der Waals surface area contributed by atoms with Crippen LogP contribution in [-0.4, -0.2) is 24.8 Å². The Morgan fingerprint density at radius 1 is 1.44 bits per heavy atom. The number of hydrogen-bond donors (Lipinski definition) is 1. The van der Waals surface area contributed by atoms with Crippen LogP contribution < -0.4 is 0 Å². The van der Waals surface area contributed by atoms with E-state index in [0.29, 0.717) is 0 Å². The van der Waals surface area contributed by atoms with Gasteiger partial charge in [0.2, 0.25) is 0 Å². The molecule has 0 aliphatic heterocycles. The van der Waals surface area contributed by atoms with Crippen molar-refractivity contribution in [1.82, 2.24) is 0 Å². The van der Waals surface area contributed by atoms with E-state index >= 15 is 0 Å². The van der Waals surface area contributed by atoms with Crippen molar-refractivity contribution in [3.63, 3.8) is 0 Å². The number of hydrogen-bond acceptors (Lipinski definition) is 2. The van der Waals surface area contributed by atoms with Gasteiger partial charge >= 0.3 is 5.97 Å². The zero-order chi connectivity index (χ0) is 12.1. The molecule has 3 nitrogen and oxygen atoms in total. The fourth-order valence-corrected chi connectivity index (χ4v) is 1.40. The van der Waals surface area contributed by atoms with E-state index in [1.54, 1.807) is 0 Å². The summed E-state index contributed by atoms with van der Waals surface area (Å²) in [5.41, 5.74) is 0.239. The fourth-order valence-electron chi connectivity index (χ4n) is 1.40. The molecule has 0 aliphatic rings. The maximum Gasteiger partial charge on any atom is 0.311 e. The van der Waals surface area contributed by atoms with Gasteiger partial charge in [0.1, 0.15) is 0 Å². The summed E-state index contributed by atoms with van der Waals surface area (Å²) in [6.07, 6.45) is 0.219. The Morgan fingerprint density at radius 2 is 2.12 bits per heavy atom. The first-order valence-electron chi connectivity index (χ1n) is 4.73. The summed E-state index contributed by atoms with van der Waals surface area (Å²) in [5.74, 6) is -3.99. The van der Waals surface area contributed by atoms with Gasteiger partial charge in [0.05, 0.1) is 5.92 Å². The van der Waals surface area contributed by atoms with Crippen LogP contribution in [0.4, 0.5) is 8.78 Å². The Kier molecular flexibility index (Phi) is 4.37. The van der Waals surface area contributed by atoms with Crippen LogP contribution in [0.25, 0.3) is 0 Å². The van der Waals surface area contributed by atoms with Crippen molar-refractivity contribution in [3.8, 4) is 0 Å². The van der Waals surface area contributed by atoms with Gasteiger partial charge in [0.15, 0.2) is 11.6 Å². The van der Waals surface area contributed by atoms with Crippen molar-refractivity contribution in [2.24, 2.45) is 0 Å². The van der Waals surface area contributed by atoms with Crippen LogP contribution in [0.15, 0.2) is 18.2 Å². The molecule has 0 heterocycles. The molecule has 0 saturated carbocycles. The minimum absolute atomic E-state index is 0.219. The van der Waals surface area contributed by atoms with Crippen molar-refractivity contribution < 1.29 is 23.4 Å². The average Bonchev–Trinajstić information content (AvgIpc) is 2.23. The molecule has 0 saturated heterocycles. The van der Waals surface area contributed by atoms with Gasteiger partial charge in [-0.1, -0.05) is 6.07 Å². The summed E-state index contributed by atoms with van der Waals surface area (Å²) in [7, 11) is 1.45. The average molecular weight is 230 g/mol. The summed E-state index contributed by atoms with van der Waals surface area (Å²) in [4.78, 5) is 10.9. The molecule has 1 N–H and O–H groups in total. The Labute approximate surface area is 91.7 Å². The molecule has 0 radical (unpaired) electrons. The maximum absolute atomic E-state index is 12.9. The highest BCUT2D eigenvalue weighted by molar-refractivity contribution is 5.76. The summed E-state index contributed by atoms with van der Waals surface area (Å²) in [5, 5.41) is 8.94. The Balaban J connectivity index is 2.92. The topological polar surface area (TPSA) is 46.5 Å². The number of carboxylic acids is 1. The van der Waals surface area contributed by atoms with Gasteiger partial charge in [-0.2, -0.15) is 0 Å². The third kappa shape index (κ3) is 3.00. The number of benzene rings is 1. The van der Waals surface area contributed by atoms with Gasteiger partial charge in [-0.15, -0.1) is 0 Å². The number of carbonyl (C=O) groups is 1. The molecule has 0 fully saturated rings. The van der Waals surface area contributed by atoms with Gasteiger partial charge < -0.3 is 9.84 Å². The van der Waals surface area contributed by atoms with E-state index in [1.165, 1.54) is 13.2 Å². The smallest absolute Gasteiger partial charge is 0.311 e. The monoisotopic (exact) mass is 230 g/mol. The first-order chi connectivity index (χ1) is 7.56. The van der Waals surface area contributed by atoms with E-state index in [0.717, 1.165) is 12.1 Å². The molecule has 0 amide bonds. The fraction of sp³-hybridized carbons (Fsp3) is 0.364. The largest absolute Gasteiger partial charge is 0.481 e. The zero-order valence-corrected chi connectivity index (χ0v) is 8.74. The number of carboxylic acid groups (broad SMARTS) is 1. The SMILES string of the molecule is COCCC(C(=O)O)c1ccc(F)c(F)c1. The highest BCUT2D eigenvalue weighted by Crippen LogP contribution is 2.22. The standard InChI is InChI=1S/C11H12F2O3/c1-16-5-4-8(11(14)15)7-2-3-9(12)10(13)6-7/h2-3,6,8H,4-5H2,1H3,(H,14,15). The Morgan fingerprint density at radius 3 is 2.62 bits per heavy atom. The molecular formula is C11H12F2O3. The van der Waals surface area contributed by atoms with E-state index in [4.69, 9.17) is 9.84 Å². The van der Waals surface area contributed by atoms with Crippen molar-refractivity contribution in [3.05, 3.63) is 35.4 Å². The quantitative estimate of drug-likeness (QED) is 0.843. The number of ether oxygens (including phenoxy) is 1. The second kappa shape index (κ2) is 5.55. The minimum atomic E-state index is -1.08. The van der Waals surface area contributed by atoms with E-state index in [2.05, 4.69) is 0 Å². The lowest BCUT2D eigenvalue weighted by molar-refractivity contribution is -0.139.